The zero-order valence-electron chi connectivity index (χ0n) is 20.4. The van der Waals surface area contributed by atoms with Crippen LogP contribution in [0, 0.1) is 0 Å². The van der Waals surface area contributed by atoms with Crippen LogP contribution in [0.15, 0.2) is 109 Å². The fourth-order valence-corrected chi connectivity index (χ4v) is 4.48. The fraction of sp³-hybridized carbons (Fsp3) is 0.129. The zero-order chi connectivity index (χ0) is 25.8. The minimum absolute atomic E-state index is 0.0436. The Labute approximate surface area is 215 Å². The minimum Gasteiger partial charge on any atom is -0.507 e. The molecule has 1 aliphatic rings. The van der Waals surface area contributed by atoms with Crippen LogP contribution in [0.3, 0.4) is 0 Å². The van der Waals surface area contributed by atoms with Crippen LogP contribution in [0.5, 0.6) is 11.5 Å². The van der Waals surface area contributed by atoms with Crippen molar-refractivity contribution in [2.45, 2.75) is 25.9 Å². The number of para-hydroxylation sites is 1. The molecule has 3 aromatic carbocycles. The molecule has 1 N–H and O–H groups in total. The third-order valence-electron chi connectivity index (χ3n) is 6.39. The van der Waals surface area contributed by atoms with Crippen molar-refractivity contribution in [3.63, 3.8) is 0 Å². The molecule has 1 fully saturated rings. The lowest BCUT2D eigenvalue weighted by Gasteiger charge is -2.25. The van der Waals surface area contributed by atoms with Crippen molar-refractivity contribution in [3.8, 4) is 11.5 Å². The zero-order valence-corrected chi connectivity index (χ0v) is 20.4. The van der Waals surface area contributed by atoms with Gasteiger partial charge in [0, 0.05) is 11.8 Å². The van der Waals surface area contributed by atoms with Gasteiger partial charge in [-0.25, -0.2) is 0 Å². The third-order valence-corrected chi connectivity index (χ3v) is 6.39. The third kappa shape index (κ3) is 5.00. The van der Waals surface area contributed by atoms with Crippen LogP contribution in [-0.4, -0.2) is 26.7 Å². The Kier molecular flexibility index (Phi) is 6.81. The Morgan fingerprint density at radius 1 is 0.892 bits per heavy atom. The molecule has 0 aliphatic carbocycles. The highest BCUT2D eigenvalue weighted by Crippen LogP contribution is 2.41. The van der Waals surface area contributed by atoms with E-state index in [0.29, 0.717) is 28.3 Å². The number of ether oxygens (including phenoxy) is 1. The van der Waals surface area contributed by atoms with Crippen molar-refractivity contribution in [2.24, 2.45) is 0 Å². The molecule has 1 unspecified atom stereocenters. The van der Waals surface area contributed by atoms with Crippen LogP contribution in [0.1, 0.15) is 35.3 Å². The van der Waals surface area contributed by atoms with E-state index in [1.165, 1.54) is 4.90 Å². The van der Waals surface area contributed by atoms with E-state index < -0.39 is 17.7 Å². The average molecular weight is 491 g/mol. The molecule has 5 rings (SSSR count). The van der Waals surface area contributed by atoms with E-state index in [0.717, 1.165) is 12.0 Å². The van der Waals surface area contributed by atoms with Crippen LogP contribution < -0.4 is 4.74 Å². The van der Waals surface area contributed by atoms with Crippen molar-refractivity contribution in [3.05, 3.63) is 131 Å². The number of amides is 1. The quantitative estimate of drug-likeness (QED) is 0.194. The van der Waals surface area contributed by atoms with Gasteiger partial charge in [0.05, 0.1) is 23.9 Å². The molecule has 2 heterocycles. The fourth-order valence-electron chi connectivity index (χ4n) is 4.48. The normalized spacial score (nSPS) is 16.7. The second-order valence-corrected chi connectivity index (χ2v) is 8.79. The number of Topliss-reactive ketones (excluding diaryl/α,β-unsaturated/α-hetero) is 1. The first-order valence-corrected chi connectivity index (χ1v) is 12.2. The molecule has 1 saturated heterocycles. The summed E-state index contributed by atoms with van der Waals surface area (Å²) in [4.78, 5) is 32.4. The van der Waals surface area contributed by atoms with Gasteiger partial charge in [0.15, 0.2) is 0 Å². The van der Waals surface area contributed by atoms with E-state index in [4.69, 9.17) is 4.74 Å². The number of hydrogen-bond acceptors (Lipinski definition) is 5. The van der Waals surface area contributed by atoms with Crippen molar-refractivity contribution in [1.29, 1.82) is 0 Å². The average Bonchev–Trinajstić information content (AvgIpc) is 3.19. The summed E-state index contributed by atoms with van der Waals surface area (Å²) in [5.41, 5.74) is 2.92. The predicted molar refractivity (Wildman–Crippen MR) is 141 cm³/mol. The summed E-state index contributed by atoms with van der Waals surface area (Å²) in [6.07, 6.45) is 2.49. The summed E-state index contributed by atoms with van der Waals surface area (Å²) in [7, 11) is 0. The van der Waals surface area contributed by atoms with Crippen molar-refractivity contribution < 1.29 is 19.4 Å². The Morgan fingerprint density at radius 2 is 1.62 bits per heavy atom. The monoisotopic (exact) mass is 490 g/mol. The number of nitrogens with zero attached hydrogens (tertiary/aromatic N) is 2. The first kappa shape index (κ1) is 24.0. The summed E-state index contributed by atoms with van der Waals surface area (Å²) in [6.45, 7) is 2.16. The molecule has 0 radical (unpaired) electrons. The molecule has 37 heavy (non-hydrogen) atoms. The number of carbonyl (C=O) groups excluding carboxylic acids is 2. The van der Waals surface area contributed by atoms with Crippen LogP contribution >= 0.6 is 0 Å². The predicted octanol–water partition coefficient (Wildman–Crippen LogP) is 6.06. The van der Waals surface area contributed by atoms with Gasteiger partial charge >= 0.3 is 0 Å². The number of rotatable bonds is 7. The Bertz CT molecular complexity index is 1450. The van der Waals surface area contributed by atoms with Crippen LogP contribution in [0.4, 0.5) is 0 Å². The summed E-state index contributed by atoms with van der Waals surface area (Å²) in [5, 5.41) is 11.3. The molecule has 0 saturated carbocycles. The molecule has 184 valence electrons. The minimum atomic E-state index is -0.813. The molecule has 6 heteroatoms. The molecule has 0 spiro atoms. The first-order chi connectivity index (χ1) is 18.0. The number of aliphatic hydroxyl groups is 1. The lowest BCUT2D eigenvalue weighted by atomic mass is 9.94. The van der Waals surface area contributed by atoms with Crippen LogP contribution in [0.2, 0.25) is 0 Å². The number of benzene rings is 3. The summed E-state index contributed by atoms with van der Waals surface area (Å²) in [6, 6.07) is 28.6. The molecule has 6 nitrogen and oxygen atoms in total. The van der Waals surface area contributed by atoms with Gasteiger partial charge in [-0.3, -0.25) is 14.6 Å². The van der Waals surface area contributed by atoms with E-state index in [1.54, 1.807) is 36.5 Å². The number of hydrogen-bond donors (Lipinski definition) is 1. The smallest absolute Gasteiger partial charge is 0.296 e. The lowest BCUT2D eigenvalue weighted by molar-refractivity contribution is -0.140. The topological polar surface area (TPSA) is 79.7 Å². The van der Waals surface area contributed by atoms with Crippen LogP contribution in [-0.2, 0) is 22.6 Å². The highest BCUT2D eigenvalue weighted by molar-refractivity contribution is 6.46. The van der Waals surface area contributed by atoms with E-state index in [9.17, 15) is 14.7 Å². The first-order valence-electron chi connectivity index (χ1n) is 12.2. The SMILES string of the molecule is CCc1ccc(/C(O)=C2/C(=O)C(=O)N(Cc3ccccn3)C2c2cccc(Oc3ccccc3)c2)cc1. The molecule has 1 aromatic heterocycles. The maximum atomic E-state index is 13.3. The molecule has 0 bridgehead atoms. The number of aliphatic hydroxyl groups excluding tert-OH is 1. The number of likely N-dealkylation sites (tertiary alicyclic amines) is 1. The van der Waals surface area contributed by atoms with Gasteiger partial charge in [0.2, 0.25) is 0 Å². The second-order valence-electron chi connectivity index (χ2n) is 8.79. The maximum Gasteiger partial charge on any atom is 0.296 e. The van der Waals surface area contributed by atoms with E-state index in [-0.39, 0.29) is 17.9 Å². The van der Waals surface area contributed by atoms with Gasteiger partial charge in [0.25, 0.3) is 11.7 Å². The molecule has 1 aliphatic heterocycles. The standard InChI is InChI=1S/C31H26N2O4/c1-2-21-14-16-22(17-15-21)29(34)27-28(33(31(36)30(27)35)20-24-10-6-7-18-32-24)23-9-8-13-26(19-23)37-25-11-4-3-5-12-25/h3-19,28,34H,2,20H2,1H3/b29-27-. The summed E-state index contributed by atoms with van der Waals surface area (Å²) >= 11 is 0. The second kappa shape index (κ2) is 10.5. The highest BCUT2D eigenvalue weighted by atomic mass is 16.5. The van der Waals surface area contributed by atoms with Gasteiger partial charge in [0.1, 0.15) is 17.3 Å². The molecular weight excluding hydrogens is 464 g/mol. The van der Waals surface area contributed by atoms with Crippen LogP contribution in [0.25, 0.3) is 5.76 Å². The molecule has 1 atom stereocenters. The van der Waals surface area contributed by atoms with E-state index >= 15 is 0 Å². The summed E-state index contributed by atoms with van der Waals surface area (Å²) < 4.78 is 6.01. The van der Waals surface area contributed by atoms with Gasteiger partial charge < -0.3 is 14.7 Å². The number of aryl methyl sites for hydroxylation is 1. The molecule has 4 aromatic rings. The van der Waals surface area contributed by atoms with Gasteiger partial charge in [-0.1, -0.05) is 67.6 Å². The van der Waals surface area contributed by atoms with E-state index in [1.807, 2.05) is 73.7 Å². The van der Waals surface area contributed by atoms with Gasteiger partial charge in [-0.15, -0.1) is 0 Å². The number of pyridine rings is 1. The Balaban J connectivity index is 1.60. The Morgan fingerprint density at radius 3 is 2.32 bits per heavy atom. The highest BCUT2D eigenvalue weighted by Gasteiger charge is 2.46. The number of ketones is 1. The number of aromatic nitrogens is 1. The maximum absolute atomic E-state index is 13.3. The van der Waals surface area contributed by atoms with Gasteiger partial charge in [-0.2, -0.15) is 0 Å². The van der Waals surface area contributed by atoms with E-state index in [2.05, 4.69) is 4.98 Å². The summed E-state index contributed by atoms with van der Waals surface area (Å²) in [5.74, 6) is -0.398. The van der Waals surface area contributed by atoms with Crippen molar-refractivity contribution >= 4 is 17.4 Å². The molecular formula is C31H26N2O4. The van der Waals surface area contributed by atoms with Gasteiger partial charge in [-0.05, 0) is 53.9 Å². The van der Waals surface area contributed by atoms with Crippen molar-refractivity contribution in [1.82, 2.24) is 9.88 Å². The lowest BCUT2D eigenvalue weighted by Crippen LogP contribution is -2.29. The Hall–Kier alpha value is -4.71. The largest absolute Gasteiger partial charge is 0.507 e. The number of carbonyl (C=O) groups is 2. The van der Waals surface area contributed by atoms with Crippen molar-refractivity contribution in [2.75, 3.05) is 0 Å². The molecule has 1 amide bonds.